The minimum Gasteiger partial charge on any atom is -0.504 e. The van der Waals surface area contributed by atoms with Crippen molar-refractivity contribution < 1.29 is 27.8 Å². The molecule has 0 aliphatic carbocycles. The standard InChI is InChI=1S/C12H8F3NO4S/c1-2-20-12(19)4-9(17)3-8(16-11(4)21)6(14)5(13)7(15)10(3)18/h18H,2H2,1H3,(H2,16,17,21). The van der Waals surface area contributed by atoms with Crippen LogP contribution in [0.15, 0.2) is 9.82 Å². The summed E-state index contributed by atoms with van der Waals surface area (Å²) in [6.45, 7) is 1.43. The molecule has 112 valence electrons. The Bertz CT molecular complexity index is 819. The minimum absolute atomic E-state index is 0.0539. The van der Waals surface area contributed by atoms with Gasteiger partial charge in [-0.3, -0.25) is 4.79 Å². The van der Waals surface area contributed by atoms with Crippen molar-refractivity contribution in [1.29, 1.82) is 0 Å². The topological polar surface area (TPSA) is 79.4 Å². The summed E-state index contributed by atoms with van der Waals surface area (Å²) in [5.41, 5.74) is -2.66. The SMILES string of the molecule is CCOC(=O)c1c(S)[nH]c2c(F)c(F)c(F)c(O)c2c1=O. The zero-order valence-corrected chi connectivity index (χ0v) is 11.4. The number of benzene rings is 1. The van der Waals surface area contributed by atoms with Crippen LogP contribution in [0.2, 0.25) is 0 Å². The number of nitrogens with one attached hydrogen (secondary N) is 1. The Hall–Kier alpha value is -2.16. The van der Waals surface area contributed by atoms with Crippen molar-refractivity contribution in [3.63, 3.8) is 0 Å². The van der Waals surface area contributed by atoms with Crippen LogP contribution in [0.5, 0.6) is 5.75 Å². The molecule has 21 heavy (non-hydrogen) atoms. The van der Waals surface area contributed by atoms with Gasteiger partial charge in [-0.25, -0.2) is 13.6 Å². The van der Waals surface area contributed by atoms with Gasteiger partial charge in [0.2, 0.25) is 11.2 Å². The van der Waals surface area contributed by atoms with Crippen molar-refractivity contribution in [2.24, 2.45) is 0 Å². The molecule has 2 rings (SSSR count). The number of aromatic nitrogens is 1. The molecule has 2 N–H and O–H groups in total. The van der Waals surface area contributed by atoms with E-state index in [0.717, 1.165) is 0 Å². The highest BCUT2D eigenvalue weighted by molar-refractivity contribution is 7.80. The molecule has 0 unspecified atom stereocenters. The molecule has 0 amide bonds. The quantitative estimate of drug-likeness (QED) is 0.450. The van der Waals surface area contributed by atoms with E-state index in [1.165, 1.54) is 6.92 Å². The molecule has 0 spiro atoms. The summed E-state index contributed by atoms with van der Waals surface area (Å²) in [6, 6.07) is 0. The summed E-state index contributed by atoms with van der Waals surface area (Å²) in [5, 5.41) is 8.20. The molecule has 1 aromatic heterocycles. The van der Waals surface area contributed by atoms with Crippen molar-refractivity contribution in [2.75, 3.05) is 6.61 Å². The molecule has 5 nitrogen and oxygen atoms in total. The molecule has 0 bridgehead atoms. The molecule has 0 atom stereocenters. The maximum atomic E-state index is 13.6. The van der Waals surface area contributed by atoms with E-state index in [0.29, 0.717) is 0 Å². The number of rotatable bonds is 2. The fourth-order valence-corrected chi connectivity index (χ4v) is 2.10. The zero-order chi connectivity index (χ0) is 15.9. The lowest BCUT2D eigenvalue weighted by molar-refractivity contribution is 0.0520. The molecular formula is C12H8F3NO4S. The van der Waals surface area contributed by atoms with Crippen LogP contribution in [0.3, 0.4) is 0 Å². The van der Waals surface area contributed by atoms with Gasteiger partial charge in [-0.2, -0.15) is 4.39 Å². The molecule has 1 aromatic carbocycles. The fraction of sp³-hybridized carbons (Fsp3) is 0.167. The Balaban J connectivity index is 2.97. The fourth-order valence-electron chi connectivity index (χ4n) is 1.79. The second kappa shape index (κ2) is 5.32. The highest BCUT2D eigenvalue weighted by atomic mass is 32.1. The van der Waals surface area contributed by atoms with Gasteiger partial charge in [0.15, 0.2) is 17.4 Å². The van der Waals surface area contributed by atoms with Crippen molar-refractivity contribution in [3.05, 3.63) is 33.2 Å². The van der Waals surface area contributed by atoms with Gasteiger partial charge in [-0.15, -0.1) is 12.6 Å². The van der Waals surface area contributed by atoms with Crippen LogP contribution in [0.4, 0.5) is 13.2 Å². The van der Waals surface area contributed by atoms with E-state index in [9.17, 15) is 27.9 Å². The normalized spacial score (nSPS) is 10.9. The molecule has 0 saturated carbocycles. The van der Waals surface area contributed by atoms with Crippen LogP contribution in [0.1, 0.15) is 17.3 Å². The smallest absolute Gasteiger partial charge is 0.344 e. The number of esters is 1. The lowest BCUT2D eigenvalue weighted by atomic mass is 10.1. The summed E-state index contributed by atoms with van der Waals surface area (Å²) in [5.74, 6) is -8.07. The highest BCUT2D eigenvalue weighted by Gasteiger charge is 2.27. The van der Waals surface area contributed by atoms with Crippen LogP contribution in [0, 0.1) is 17.5 Å². The van der Waals surface area contributed by atoms with Crippen molar-refractivity contribution in [3.8, 4) is 5.75 Å². The second-order valence-electron chi connectivity index (χ2n) is 3.94. The Morgan fingerprint density at radius 2 is 1.90 bits per heavy atom. The number of phenols is 1. The van der Waals surface area contributed by atoms with Crippen LogP contribution in [-0.4, -0.2) is 22.7 Å². The summed E-state index contributed by atoms with van der Waals surface area (Å²) < 4.78 is 44.8. The average Bonchev–Trinajstić information content (AvgIpc) is 2.42. The first-order valence-electron chi connectivity index (χ1n) is 5.62. The molecule has 0 radical (unpaired) electrons. The van der Waals surface area contributed by atoms with Gasteiger partial charge < -0.3 is 14.8 Å². The number of ether oxygens (including phenoxy) is 1. The van der Waals surface area contributed by atoms with Crippen molar-refractivity contribution in [2.45, 2.75) is 11.9 Å². The molecule has 0 saturated heterocycles. The van der Waals surface area contributed by atoms with E-state index in [4.69, 9.17) is 0 Å². The first-order chi connectivity index (χ1) is 9.81. The van der Waals surface area contributed by atoms with E-state index in [2.05, 4.69) is 22.3 Å². The molecule has 0 fully saturated rings. The van der Waals surface area contributed by atoms with Crippen LogP contribution >= 0.6 is 12.6 Å². The van der Waals surface area contributed by atoms with Gasteiger partial charge in [0.25, 0.3) is 0 Å². The summed E-state index contributed by atoms with van der Waals surface area (Å²) >= 11 is 3.80. The summed E-state index contributed by atoms with van der Waals surface area (Å²) in [4.78, 5) is 25.9. The van der Waals surface area contributed by atoms with E-state index >= 15 is 0 Å². The van der Waals surface area contributed by atoms with Gasteiger partial charge in [0.05, 0.1) is 22.5 Å². The number of hydrogen-bond donors (Lipinski definition) is 3. The number of carbonyl (C=O) groups excluding carboxylic acids is 1. The molecular weight excluding hydrogens is 311 g/mol. The van der Waals surface area contributed by atoms with Gasteiger partial charge in [0, 0.05) is 0 Å². The van der Waals surface area contributed by atoms with Crippen LogP contribution < -0.4 is 5.43 Å². The summed E-state index contributed by atoms with van der Waals surface area (Å²) in [7, 11) is 0. The molecule has 0 aliphatic rings. The number of thiol groups is 1. The Labute approximate surface area is 120 Å². The minimum atomic E-state index is -1.95. The predicted octanol–water partition coefficient (Wildman–Crippen LogP) is 2.12. The van der Waals surface area contributed by atoms with E-state index in [1.807, 2.05) is 0 Å². The van der Waals surface area contributed by atoms with Gasteiger partial charge in [-0.05, 0) is 6.92 Å². The lowest BCUT2D eigenvalue weighted by Crippen LogP contribution is -2.20. The number of pyridine rings is 1. The molecule has 0 aliphatic heterocycles. The predicted molar refractivity (Wildman–Crippen MR) is 69.3 cm³/mol. The maximum Gasteiger partial charge on any atom is 0.344 e. The monoisotopic (exact) mass is 319 g/mol. The second-order valence-corrected chi connectivity index (χ2v) is 4.39. The maximum absolute atomic E-state index is 13.6. The number of carbonyl (C=O) groups is 1. The third-order valence-electron chi connectivity index (χ3n) is 2.71. The number of aromatic amines is 1. The van der Waals surface area contributed by atoms with Crippen LogP contribution in [0.25, 0.3) is 10.9 Å². The highest BCUT2D eigenvalue weighted by Crippen LogP contribution is 2.30. The Morgan fingerprint density at radius 3 is 2.48 bits per heavy atom. The average molecular weight is 319 g/mol. The zero-order valence-electron chi connectivity index (χ0n) is 10.5. The van der Waals surface area contributed by atoms with Crippen molar-refractivity contribution >= 4 is 29.5 Å². The lowest BCUT2D eigenvalue weighted by Gasteiger charge is -2.09. The molecule has 2 aromatic rings. The van der Waals surface area contributed by atoms with Crippen LogP contribution in [-0.2, 0) is 4.74 Å². The number of H-pyrrole nitrogens is 1. The molecule has 1 heterocycles. The van der Waals surface area contributed by atoms with Gasteiger partial charge in [-0.1, -0.05) is 0 Å². The Morgan fingerprint density at radius 1 is 1.29 bits per heavy atom. The van der Waals surface area contributed by atoms with Crippen molar-refractivity contribution in [1.82, 2.24) is 4.98 Å². The third-order valence-corrected chi connectivity index (χ3v) is 3.05. The third kappa shape index (κ3) is 2.23. The number of hydrogen-bond acceptors (Lipinski definition) is 5. The number of aromatic hydroxyl groups is 1. The summed E-state index contributed by atoms with van der Waals surface area (Å²) in [6.07, 6.45) is 0. The van der Waals surface area contributed by atoms with E-state index in [1.54, 1.807) is 0 Å². The largest absolute Gasteiger partial charge is 0.504 e. The first kappa shape index (κ1) is 15.2. The molecule has 9 heteroatoms. The number of fused-ring (bicyclic) bond motifs is 1. The van der Waals surface area contributed by atoms with E-state index in [-0.39, 0.29) is 6.61 Å². The van der Waals surface area contributed by atoms with Gasteiger partial charge >= 0.3 is 5.97 Å². The first-order valence-corrected chi connectivity index (χ1v) is 6.07. The van der Waals surface area contributed by atoms with E-state index < -0.39 is 56.1 Å². The Kier molecular flexibility index (Phi) is 3.86. The van der Waals surface area contributed by atoms with Gasteiger partial charge in [0.1, 0.15) is 5.56 Å². The number of halogens is 3. The number of phenolic OH excluding ortho intramolecular Hbond substituents is 1.